The molecular formula is C12H27NO2Si. The lowest BCUT2D eigenvalue weighted by molar-refractivity contribution is -0.0441. The number of hydrogen-bond acceptors (Lipinski definition) is 3. The fourth-order valence-corrected chi connectivity index (χ4v) is 2.68. The van der Waals surface area contributed by atoms with E-state index >= 15 is 0 Å². The Morgan fingerprint density at radius 1 is 1.00 bits per heavy atom. The van der Waals surface area contributed by atoms with Crippen LogP contribution in [0.15, 0.2) is 0 Å². The number of nitrogens with zero attached hydrogens (tertiary/aromatic N) is 1. The summed E-state index contributed by atoms with van der Waals surface area (Å²) in [5.41, 5.74) is 0. The summed E-state index contributed by atoms with van der Waals surface area (Å²) in [6, 6.07) is 1.20. The molecule has 0 heterocycles. The molecule has 3 nitrogen and oxygen atoms in total. The third-order valence-corrected chi connectivity index (χ3v) is 3.92. The maximum absolute atomic E-state index is 5.18. The van der Waals surface area contributed by atoms with Crippen LogP contribution in [0.5, 0.6) is 0 Å². The Labute approximate surface area is 103 Å². The maximum atomic E-state index is 5.18. The van der Waals surface area contributed by atoms with Gasteiger partial charge < -0.3 is 14.4 Å². The van der Waals surface area contributed by atoms with Crippen LogP contribution in [0.1, 0.15) is 33.1 Å². The Morgan fingerprint density at radius 3 is 2.00 bits per heavy atom. The molecule has 96 valence electrons. The first kappa shape index (κ1) is 16.1. The van der Waals surface area contributed by atoms with Crippen molar-refractivity contribution < 1.29 is 9.47 Å². The minimum absolute atomic E-state index is 0.00537. The monoisotopic (exact) mass is 245 g/mol. The van der Waals surface area contributed by atoms with Crippen LogP contribution in [-0.4, -0.2) is 54.2 Å². The molecule has 0 N–H and O–H groups in total. The van der Waals surface area contributed by atoms with Crippen molar-refractivity contribution in [3.8, 4) is 0 Å². The van der Waals surface area contributed by atoms with E-state index < -0.39 is 0 Å². The topological polar surface area (TPSA) is 21.7 Å². The van der Waals surface area contributed by atoms with Crippen LogP contribution >= 0.6 is 0 Å². The van der Waals surface area contributed by atoms with Gasteiger partial charge in [-0.1, -0.05) is 19.9 Å². The normalized spacial score (nSPS) is 11.6. The summed E-state index contributed by atoms with van der Waals surface area (Å²) in [6.07, 6.45) is 3.75. The van der Waals surface area contributed by atoms with Crippen molar-refractivity contribution in [1.29, 1.82) is 0 Å². The molecule has 16 heavy (non-hydrogen) atoms. The van der Waals surface area contributed by atoms with Gasteiger partial charge in [-0.05, 0) is 38.9 Å². The molecule has 0 unspecified atom stereocenters. The first-order valence-electron chi connectivity index (χ1n) is 6.29. The summed E-state index contributed by atoms with van der Waals surface area (Å²) in [6.45, 7) is 8.17. The first-order valence-corrected chi connectivity index (χ1v) is 7.58. The molecule has 0 amide bonds. The van der Waals surface area contributed by atoms with Crippen molar-refractivity contribution in [2.75, 3.05) is 33.9 Å². The molecule has 0 aromatic heterocycles. The zero-order chi connectivity index (χ0) is 12.2. The van der Waals surface area contributed by atoms with E-state index in [9.17, 15) is 0 Å². The molecule has 0 saturated carbocycles. The molecule has 0 aromatic carbocycles. The van der Waals surface area contributed by atoms with E-state index in [4.69, 9.17) is 9.47 Å². The average molecular weight is 245 g/mol. The number of ether oxygens (including phenoxy) is 2. The molecule has 0 saturated heterocycles. The van der Waals surface area contributed by atoms with Gasteiger partial charge in [0, 0.05) is 14.2 Å². The maximum Gasteiger partial charge on any atom is 0.136 e. The minimum Gasteiger partial charge on any atom is -0.360 e. The van der Waals surface area contributed by atoms with E-state index in [1.54, 1.807) is 14.2 Å². The van der Waals surface area contributed by atoms with Crippen molar-refractivity contribution in [2.24, 2.45) is 0 Å². The third-order valence-electron chi connectivity index (χ3n) is 2.47. The molecule has 0 aliphatic rings. The van der Waals surface area contributed by atoms with Gasteiger partial charge in [0.1, 0.15) is 15.4 Å². The molecule has 4 heteroatoms. The average Bonchev–Trinajstić information content (AvgIpc) is 2.30. The minimum atomic E-state index is 0.00537. The van der Waals surface area contributed by atoms with E-state index in [1.165, 1.54) is 44.9 Å². The largest absolute Gasteiger partial charge is 0.360 e. The Balaban J connectivity index is 3.52. The van der Waals surface area contributed by atoms with Crippen LogP contribution in [0, 0.1) is 0 Å². The van der Waals surface area contributed by atoms with Gasteiger partial charge in [-0.15, -0.1) is 0 Å². The van der Waals surface area contributed by atoms with E-state index in [2.05, 4.69) is 18.7 Å². The summed E-state index contributed by atoms with van der Waals surface area (Å²) in [5.74, 6) is 0.00537. The molecule has 0 aliphatic carbocycles. The number of rotatable bonds is 11. The Bertz CT molecular complexity index is 137. The van der Waals surface area contributed by atoms with E-state index in [-0.39, 0.29) is 5.91 Å². The molecule has 0 aromatic rings. The standard InChI is InChI=1S/C12H27NO2Si/c1-5-8-13(9-6-2)10-7-11-16-12(14-3)15-4/h12H,5-11H2,1-4H3. The summed E-state index contributed by atoms with van der Waals surface area (Å²) >= 11 is 0. The number of methoxy groups -OCH3 is 2. The zero-order valence-corrected chi connectivity index (χ0v) is 12.3. The van der Waals surface area contributed by atoms with Crippen LogP contribution in [0.2, 0.25) is 6.04 Å². The molecule has 0 atom stereocenters. The molecule has 2 radical (unpaired) electrons. The fourth-order valence-electron chi connectivity index (χ4n) is 1.75. The van der Waals surface area contributed by atoms with E-state index in [0.29, 0.717) is 0 Å². The van der Waals surface area contributed by atoms with Crippen LogP contribution in [-0.2, 0) is 9.47 Å². The SMILES string of the molecule is CCCN(CCC)CCC[Si]C(OC)OC. The van der Waals surface area contributed by atoms with E-state index in [1.807, 2.05) is 0 Å². The third kappa shape index (κ3) is 8.27. The molecule has 0 aliphatic heterocycles. The lowest BCUT2D eigenvalue weighted by Crippen LogP contribution is -2.28. The second-order valence-corrected chi connectivity index (χ2v) is 5.33. The number of hydrogen-bond donors (Lipinski definition) is 0. The lowest BCUT2D eigenvalue weighted by Gasteiger charge is -2.21. The van der Waals surface area contributed by atoms with Crippen molar-refractivity contribution >= 4 is 9.52 Å². The van der Waals surface area contributed by atoms with Gasteiger partial charge in [0.25, 0.3) is 0 Å². The van der Waals surface area contributed by atoms with Gasteiger partial charge in [0.05, 0.1) is 0 Å². The summed E-state index contributed by atoms with van der Waals surface area (Å²) in [4.78, 5) is 2.55. The predicted octanol–water partition coefficient (Wildman–Crippen LogP) is 2.20. The van der Waals surface area contributed by atoms with Gasteiger partial charge in [-0.3, -0.25) is 0 Å². The highest BCUT2D eigenvalue weighted by Crippen LogP contribution is 2.01. The molecular weight excluding hydrogens is 218 g/mol. The first-order chi connectivity index (χ1) is 7.78. The zero-order valence-electron chi connectivity index (χ0n) is 11.3. The highest BCUT2D eigenvalue weighted by Gasteiger charge is 2.07. The van der Waals surface area contributed by atoms with Crippen molar-refractivity contribution in [2.45, 2.75) is 45.1 Å². The van der Waals surface area contributed by atoms with Crippen LogP contribution in [0.25, 0.3) is 0 Å². The molecule has 0 rings (SSSR count). The molecule has 0 spiro atoms. The summed E-state index contributed by atoms with van der Waals surface area (Å²) in [5, 5.41) is 0. The fraction of sp³-hybridized carbons (Fsp3) is 1.00. The summed E-state index contributed by atoms with van der Waals surface area (Å²) < 4.78 is 10.4. The highest BCUT2D eigenvalue weighted by molar-refractivity contribution is 6.36. The highest BCUT2D eigenvalue weighted by atomic mass is 28.2. The van der Waals surface area contributed by atoms with Crippen molar-refractivity contribution in [1.82, 2.24) is 4.90 Å². The van der Waals surface area contributed by atoms with Gasteiger partial charge >= 0.3 is 0 Å². The van der Waals surface area contributed by atoms with Crippen LogP contribution in [0.4, 0.5) is 0 Å². The molecule has 0 fully saturated rings. The van der Waals surface area contributed by atoms with Crippen LogP contribution in [0.3, 0.4) is 0 Å². The van der Waals surface area contributed by atoms with Gasteiger partial charge in [0.15, 0.2) is 0 Å². The van der Waals surface area contributed by atoms with E-state index in [0.717, 1.165) is 9.52 Å². The van der Waals surface area contributed by atoms with Crippen molar-refractivity contribution in [3.63, 3.8) is 0 Å². The quantitative estimate of drug-likeness (QED) is 0.316. The van der Waals surface area contributed by atoms with Crippen molar-refractivity contribution in [3.05, 3.63) is 0 Å². The van der Waals surface area contributed by atoms with Gasteiger partial charge in [0.2, 0.25) is 0 Å². The Hall–Kier alpha value is 0.0969. The Kier molecular flexibility index (Phi) is 11.6. The molecule has 0 bridgehead atoms. The second kappa shape index (κ2) is 11.6. The van der Waals surface area contributed by atoms with Crippen LogP contribution < -0.4 is 0 Å². The Morgan fingerprint density at radius 2 is 1.56 bits per heavy atom. The predicted molar refractivity (Wildman–Crippen MR) is 70.0 cm³/mol. The van der Waals surface area contributed by atoms with Gasteiger partial charge in [-0.2, -0.15) is 0 Å². The smallest absolute Gasteiger partial charge is 0.136 e. The van der Waals surface area contributed by atoms with Gasteiger partial charge in [-0.25, -0.2) is 0 Å². The summed E-state index contributed by atoms with van der Waals surface area (Å²) in [7, 11) is 4.18. The lowest BCUT2D eigenvalue weighted by atomic mass is 10.3. The second-order valence-electron chi connectivity index (χ2n) is 3.95.